The summed E-state index contributed by atoms with van der Waals surface area (Å²) in [5, 5.41) is 9.54. The average Bonchev–Trinajstić information content (AvgIpc) is 2.63. The summed E-state index contributed by atoms with van der Waals surface area (Å²) in [7, 11) is -4.28. The zero-order valence-electron chi connectivity index (χ0n) is 16.4. The van der Waals surface area contributed by atoms with Crippen LogP contribution in [0.15, 0.2) is 47.4 Å². The summed E-state index contributed by atoms with van der Waals surface area (Å²) < 4.78 is 38.6. The number of hydrogen-bond donors (Lipinski definition) is 2. The number of rotatable bonds is 12. The van der Waals surface area contributed by atoms with E-state index in [1.807, 2.05) is 0 Å². The van der Waals surface area contributed by atoms with Gasteiger partial charge in [-0.1, -0.05) is 57.9 Å². The van der Waals surface area contributed by atoms with Crippen molar-refractivity contribution >= 4 is 10.1 Å². The molecular weight excluding hydrogens is 376 g/mol. The van der Waals surface area contributed by atoms with E-state index >= 15 is 0 Å². The predicted molar refractivity (Wildman–Crippen MR) is 111 cm³/mol. The van der Waals surface area contributed by atoms with E-state index in [9.17, 15) is 18.1 Å². The van der Waals surface area contributed by atoms with Gasteiger partial charge < -0.3 is 9.84 Å². The van der Waals surface area contributed by atoms with Crippen LogP contribution in [0.1, 0.15) is 63.9 Å². The van der Waals surface area contributed by atoms with E-state index in [2.05, 4.69) is 6.92 Å². The number of phenolic OH excluding ortho intramolecular Hbond substituents is 1. The van der Waals surface area contributed by atoms with Crippen LogP contribution in [-0.2, 0) is 16.5 Å². The van der Waals surface area contributed by atoms with Crippen molar-refractivity contribution in [3.8, 4) is 17.2 Å². The van der Waals surface area contributed by atoms with Crippen LogP contribution in [0.3, 0.4) is 0 Å². The van der Waals surface area contributed by atoms with Crippen LogP contribution >= 0.6 is 0 Å². The molecule has 0 amide bonds. The maximum atomic E-state index is 11.7. The summed E-state index contributed by atoms with van der Waals surface area (Å²) in [6.07, 6.45) is 9.80. The molecule has 0 saturated carbocycles. The molecule has 0 spiro atoms. The Morgan fingerprint density at radius 3 is 2.14 bits per heavy atom. The van der Waals surface area contributed by atoms with Gasteiger partial charge in [-0.3, -0.25) is 4.55 Å². The van der Waals surface area contributed by atoms with Crippen molar-refractivity contribution in [1.82, 2.24) is 0 Å². The van der Waals surface area contributed by atoms with Crippen molar-refractivity contribution in [2.45, 2.75) is 69.6 Å². The number of hydrogen-bond acceptors (Lipinski definition) is 4. The van der Waals surface area contributed by atoms with Gasteiger partial charge in [0.1, 0.15) is 17.2 Å². The third-order valence-corrected chi connectivity index (χ3v) is 5.62. The number of phenols is 1. The highest BCUT2D eigenvalue weighted by Crippen LogP contribution is 2.29. The molecule has 0 radical (unpaired) electrons. The van der Waals surface area contributed by atoms with Crippen molar-refractivity contribution in [2.75, 3.05) is 0 Å². The monoisotopic (exact) mass is 406 g/mol. The van der Waals surface area contributed by atoms with Gasteiger partial charge in [-0.05, 0) is 48.7 Å². The minimum atomic E-state index is -4.28. The van der Waals surface area contributed by atoms with Gasteiger partial charge in [-0.15, -0.1) is 0 Å². The number of aromatic hydroxyl groups is 1. The Bertz CT molecular complexity index is 846. The highest BCUT2D eigenvalue weighted by molar-refractivity contribution is 7.85. The minimum absolute atomic E-state index is 0.0706. The molecule has 0 aliphatic carbocycles. The second kappa shape index (κ2) is 11.1. The molecule has 0 heterocycles. The first-order valence-electron chi connectivity index (χ1n) is 9.97. The van der Waals surface area contributed by atoms with Crippen molar-refractivity contribution < 1.29 is 22.8 Å². The quantitative estimate of drug-likeness (QED) is 0.328. The van der Waals surface area contributed by atoms with Crippen LogP contribution in [0, 0.1) is 0 Å². The summed E-state index contributed by atoms with van der Waals surface area (Å²) in [6, 6.07) is 10.9. The topological polar surface area (TPSA) is 83.8 Å². The molecule has 2 N–H and O–H groups in total. The Morgan fingerprint density at radius 2 is 1.50 bits per heavy atom. The Labute approximate surface area is 168 Å². The fourth-order valence-corrected chi connectivity index (χ4v) is 3.93. The van der Waals surface area contributed by atoms with E-state index < -0.39 is 10.1 Å². The van der Waals surface area contributed by atoms with Gasteiger partial charge >= 0.3 is 0 Å². The van der Waals surface area contributed by atoms with Gasteiger partial charge in [0, 0.05) is 6.07 Å². The standard InChI is InChI=1S/C22H30O5S/c1-2-3-4-5-6-7-8-9-11-18-16-21(14-15-22(18)28(24,25)26)27-20-13-10-12-19(23)17-20/h10,12-17,23H,2-9,11H2,1H3,(H,24,25,26). The van der Waals surface area contributed by atoms with E-state index in [0.29, 0.717) is 23.5 Å². The summed E-state index contributed by atoms with van der Waals surface area (Å²) in [6.45, 7) is 2.20. The lowest BCUT2D eigenvalue weighted by Gasteiger charge is -2.11. The lowest BCUT2D eigenvalue weighted by atomic mass is 10.0. The van der Waals surface area contributed by atoms with Gasteiger partial charge in [-0.25, -0.2) is 0 Å². The van der Waals surface area contributed by atoms with Gasteiger partial charge in [0.15, 0.2) is 0 Å². The lowest BCUT2D eigenvalue weighted by Crippen LogP contribution is -2.04. The number of unbranched alkanes of at least 4 members (excludes halogenated alkanes) is 7. The third kappa shape index (κ3) is 7.52. The van der Waals surface area contributed by atoms with Crippen LogP contribution in [0.5, 0.6) is 17.2 Å². The van der Waals surface area contributed by atoms with E-state index in [1.165, 1.54) is 50.3 Å². The first-order chi connectivity index (χ1) is 13.4. The molecule has 0 saturated heterocycles. The number of ether oxygens (including phenoxy) is 1. The zero-order chi connectivity index (χ0) is 20.4. The first kappa shape index (κ1) is 22.2. The Balaban J connectivity index is 1.99. The Morgan fingerprint density at radius 1 is 0.857 bits per heavy atom. The van der Waals surface area contributed by atoms with Crippen LogP contribution in [-0.4, -0.2) is 18.1 Å². The second-order valence-electron chi connectivity index (χ2n) is 7.07. The van der Waals surface area contributed by atoms with Gasteiger partial charge in [0.05, 0.1) is 4.90 Å². The zero-order valence-corrected chi connectivity index (χ0v) is 17.2. The highest BCUT2D eigenvalue weighted by atomic mass is 32.2. The molecule has 0 bridgehead atoms. The maximum absolute atomic E-state index is 11.7. The van der Waals surface area contributed by atoms with Crippen molar-refractivity contribution in [3.63, 3.8) is 0 Å². The molecule has 6 heteroatoms. The van der Waals surface area contributed by atoms with Gasteiger partial charge in [0.25, 0.3) is 10.1 Å². The molecule has 0 aliphatic heterocycles. The molecular formula is C22H30O5S. The fourth-order valence-electron chi connectivity index (χ4n) is 3.20. The van der Waals surface area contributed by atoms with E-state index in [4.69, 9.17) is 4.74 Å². The third-order valence-electron chi connectivity index (χ3n) is 4.66. The molecule has 2 rings (SSSR count). The largest absolute Gasteiger partial charge is 0.508 e. The van der Waals surface area contributed by atoms with Crippen molar-refractivity contribution in [2.24, 2.45) is 0 Å². The van der Waals surface area contributed by atoms with Gasteiger partial charge in [-0.2, -0.15) is 8.42 Å². The SMILES string of the molecule is CCCCCCCCCCc1cc(Oc2cccc(O)c2)ccc1S(=O)(=O)O. The molecule has 154 valence electrons. The number of aryl methyl sites for hydroxylation is 1. The molecule has 2 aromatic carbocycles. The molecule has 0 aliphatic rings. The fraction of sp³-hybridized carbons (Fsp3) is 0.455. The van der Waals surface area contributed by atoms with Crippen molar-refractivity contribution in [3.05, 3.63) is 48.0 Å². The summed E-state index contributed by atoms with van der Waals surface area (Å²) in [5.74, 6) is 1.01. The summed E-state index contributed by atoms with van der Waals surface area (Å²) >= 11 is 0. The van der Waals surface area contributed by atoms with E-state index in [-0.39, 0.29) is 10.6 Å². The van der Waals surface area contributed by atoms with Gasteiger partial charge in [0.2, 0.25) is 0 Å². The summed E-state index contributed by atoms with van der Waals surface area (Å²) in [4.78, 5) is -0.0706. The number of benzene rings is 2. The molecule has 0 fully saturated rings. The molecule has 0 unspecified atom stereocenters. The molecule has 5 nitrogen and oxygen atoms in total. The Kier molecular flexibility index (Phi) is 8.80. The normalized spacial score (nSPS) is 11.5. The predicted octanol–water partition coefficient (Wildman–Crippen LogP) is 6.11. The second-order valence-corrected chi connectivity index (χ2v) is 8.46. The molecule has 0 atom stereocenters. The summed E-state index contributed by atoms with van der Waals surface area (Å²) in [5.41, 5.74) is 0.547. The Hall–Kier alpha value is -2.05. The first-order valence-corrected chi connectivity index (χ1v) is 11.4. The van der Waals surface area contributed by atoms with Crippen LogP contribution < -0.4 is 4.74 Å². The average molecular weight is 407 g/mol. The van der Waals surface area contributed by atoms with Crippen LogP contribution in [0.4, 0.5) is 0 Å². The van der Waals surface area contributed by atoms with E-state index in [0.717, 1.165) is 19.3 Å². The maximum Gasteiger partial charge on any atom is 0.294 e. The lowest BCUT2D eigenvalue weighted by molar-refractivity contribution is 0.454. The molecule has 0 aromatic heterocycles. The molecule has 2 aromatic rings. The van der Waals surface area contributed by atoms with Crippen LogP contribution in [0.2, 0.25) is 0 Å². The van der Waals surface area contributed by atoms with Crippen molar-refractivity contribution in [1.29, 1.82) is 0 Å². The minimum Gasteiger partial charge on any atom is -0.508 e. The highest BCUT2D eigenvalue weighted by Gasteiger charge is 2.16. The van der Waals surface area contributed by atoms with Crippen LogP contribution in [0.25, 0.3) is 0 Å². The molecule has 28 heavy (non-hydrogen) atoms. The van der Waals surface area contributed by atoms with E-state index in [1.54, 1.807) is 24.3 Å². The smallest absolute Gasteiger partial charge is 0.294 e.